The maximum Gasteiger partial charge on any atom is 0.262 e. The average molecular weight is 372 g/mol. The van der Waals surface area contributed by atoms with Crippen molar-refractivity contribution in [3.63, 3.8) is 0 Å². The molecule has 0 amide bonds. The highest BCUT2D eigenvalue weighted by molar-refractivity contribution is 7.92. The first-order chi connectivity index (χ1) is 11.4. The van der Waals surface area contributed by atoms with Crippen LogP contribution in [0.1, 0.15) is 12.0 Å². The standard InChI is InChI=1S/C16H15ClFNO4S/c1-10-3-4-11(7-13(10)18)24(20,21)19-14-9-16-15(8-12(14)17)22-5-2-6-23-16/h3-4,7-9,19H,2,5-6H2,1H3. The van der Waals surface area contributed by atoms with Crippen LogP contribution in [0.5, 0.6) is 11.5 Å². The zero-order valence-electron chi connectivity index (χ0n) is 12.8. The van der Waals surface area contributed by atoms with Gasteiger partial charge in [0.05, 0.1) is 28.8 Å². The highest BCUT2D eigenvalue weighted by Gasteiger charge is 2.20. The Bertz CT molecular complexity index is 886. The van der Waals surface area contributed by atoms with Crippen molar-refractivity contribution in [2.24, 2.45) is 0 Å². The van der Waals surface area contributed by atoms with E-state index in [1.165, 1.54) is 24.3 Å². The average Bonchev–Trinajstić information content (AvgIpc) is 2.75. The minimum absolute atomic E-state index is 0.141. The summed E-state index contributed by atoms with van der Waals surface area (Å²) in [5.74, 6) is 0.272. The third-order valence-corrected chi connectivity index (χ3v) is 5.21. The number of halogens is 2. The van der Waals surface area contributed by atoms with Crippen LogP contribution in [0, 0.1) is 12.7 Å². The van der Waals surface area contributed by atoms with Gasteiger partial charge in [-0.2, -0.15) is 0 Å². The highest BCUT2D eigenvalue weighted by atomic mass is 35.5. The van der Waals surface area contributed by atoms with E-state index < -0.39 is 15.8 Å². The zero-order chi connectivity index (χ0) is 17.3. The molecule has 0 aliphatic carbocycles. The second-order valence-electron chi connectivity index (χ2n) is 5.35. The van der Waals surface area contributed by atoms with Crippen LogP contribution in [0.25, 0.3) is 0 Å². The van der Waals surface area contributed by atoms with Crippen molar-refractivity contribution >= 4 is 27.3 Å². The molecular weight excluding hydrogens is 357 g/mol. The number of aryl methyl sites for hydroxylation is 1. The first kappa shape index (κ1) is 16.9. The smallest absolute Gasteiger partial charge is 0.262 e. The van der Waals surface area contributed by atoms with Crippen molar-refractivity contribution in [1.82, 2.24) is 0 Å². The molecule has 0 spiro atoms. The first-order valence-electron chi connectivity index (χ1n) is 7.25. The van der Waals surface area contributed by atoms with E-state index in [2.05, 4.69) is 4.72 Å². The molecule has 0 saturated heterocycles. The van der Waals surface area contributed by atoms with Crippen LogP contribution in [-0.4, -0.2) is 21.6 Å². The lowest BCUT2D eigenvalue weighted by molar-refractivity contribution is 0.297. The predicted molar refractivity (Wildman–Crippen MR) is 89.0 cm³/mol. The van der Waals surface area contributed by atoms with Crippen LogP contribution >= 0.6 is 11.6 Å². The maximum atomic E-state index is 13.6. The molecule has 0 aromatic heterocycles. The van der Waals surface area contributed by atoms with Gasteiger partial charge in [0.25, 0.3) is 10.0 Å². The summed E-state index contributed by atoms with van der Waals surface area (Å²) in [4.78, 5) is -0.186. The molecule has 1 aliphatic heterocycles. The number of benzene rings is 2. The van der Waals surface area contributed by atoms with Crippen molar-refractivity contribution < 1.29 is 22.3 Å². The Balaban J connectivity index is 1.95. The van der Waals surface area contributed by atoms with Gasteiger partial charge in [-0.25, -0.2) is 12.8 Å². The molecular formula is C16H15ClFNO4S. The lowest BCUT2D eigenvalue weighted by Gasteiger charge is -2.14. The van der Waals surface area contributed by atoms with Crippen LogP contribution in [0.3, 0.4) is 0 Å². The van der Waals surface area contributed by atoms with E-state index in [0.717, 1.165) is 12.5 Å². The van der Waals surface area contributed by atoms with E-state index in [9.17, 15) is 12.8 Å². The molecule has 1 heterocycles. The van der Waals surface area contributed by atoms with Crippen molar-refractivity contribution in [1.29, 1.82) is 0 Å². The Hall–Kier alpha value is -1.99. The molecule has 5 nitrogen and oxygen atoms in total. The zero-order valence-corrected chi connectivity index (χ0v) is 14.4. The van der Waals surface area contributed by atoms with Crippen molar-refractivity contribution in [3.05, 3.63) is 46.7 Å². The fourth-order valence-corrected chi connectivity index (χ4v) is 3.55. The Morgan fingerprint density at radius 1 is 1.12 bits per heavy atom. The van der Waals surface area contributed by atoms with Gasteiger partial charge in [0.15, 0.2) is 11.5 Å². The van der Waals surface area contributed by atoms with Crippen LogP contribution in [0.2, 0.25) is 5.02 Å². The fraction of sp³-hybridized carbons (Fsp3) is 0.250. The van der Waals surface area contributed by atoms with Gasteiger partial charge in [0.2, 0.25) is 0 Å². The Labute approximate surface area is 144 Å². The van der Waals surface area contributed by atoms with Gasteiger partial charge in [-0.15, -0.1) is 0 Å². The normalized spacial score (nSPS) is 14.1. The van der Waals surface area contributed by atoms with Crippen LogP contribution in [0.4, 0.5) is 10.1 Å². The molecule has 1 aliphatic rings. The third-order valence-electron chi connectivity index (χ3n) is 3.54. The second kappa shape index (κ2) is 6.49. The summed E-state index contributed by atoms with van der Waals surface area (Å²) in [6.45, 7) is 2.51. The van der Waals surface area contributed by atoms with Crippen molar-refractivity contribution in [3.8, 4) is 11.5 Å². The van der Waals surface area contributed by atoms with Crippen molar-refractivity contribution in [2.75, 3.05) is 17.9 Å². The number of nitrogens with one attached hydrogen (secondary N) is 1. The highest BCUT2D eigenvalue weighted by Crippen LogP contribution is 2.38. The number of fused-ring (bicyclic) bond motifs is 1. The van der Waals surface area contributed by atoms with Gasteiger partial charge >= 0.3 is 0 Å². The number of sulfonamides is 1. The van der Waals surface area contributed by atoms with Gasteiger partial charge in [-0.3, -0.25) is 4.72 Å². The molecule has 0 atom stereocenters. The number of hydrogen-bond donors (Lipinski definition) is 1. The topological polar surface area (TPSA) is 64.6 Å². The largest absolute Gasteiger partial charge is 0.490 e. The molecule has 3 rings (SSSR count). The van der Waals surface area contributed by atoms with Gasteiger partial charge in [0.1, 0.15) is 5.82 Å². The molecule has 0 saturated carbocycles. The molecule has 0 fully saturated rings. The Morgan fingerprint density at radius 3 is 2.46 bits per heavy atom. The summed E-state index contributed by atoms with van der Waals surface area (Å²) < 4.78 is 51.9. The maximum absolute atomic E-state index is 13.6. The monoisotopic (exact) mass is 371 g/mol. The third kappa shape index (κ3) is 3.42. The van der Waals surface area contributed by atoms with Crippen LogP contribution in [0.15, 0.2) is 35.2 Å². The summed E-state index contributed by atoms with van der Waals surface area (Å²) >= 11 is 6.13. The molecule has 0 radical (unpaired) electrons. The fourth-order valence-electron chi connectivity index (χ4n) is 2.21. The number of rotatable bonds is 3. The van der Waals surface area contributed by atoms with Gasteiger partial charge in [-0.1, -0.05) is 17.7 Å². The van der Waals surface area contributed by atoms with E-state index in [0.29, 0.717) is 30.3 Å². The van der Waals surface area contributed by atoms with E-state index in [1.54, 1.807) is 6.92 Å². The molecule has 8 heteroatoms. The van der Waals surface area contributed by atoms with Gasteiger partial charge in [0, 0.05) is 18.6 Å². The van der Waals surface area contributed by atoms with E-state index in [4.69, 9.17) is 21.1 Å². The molecule has 1 N–H and O–H groups in total. The molecule has 0 bridgehead atoms. The minimum atomic E-state index is -3.98. The van der Waals surface area contributed by atoms with E-state index in [1.807, 2.05) is 0 Å². The van der Waals surface area contributed by atoms with E-state index in [-0.39, 0.29) is 15.6 Å². The SMILES string of the molecule is Cc1ccc(S(=O)(=O)Nc2cc3c(cc2Cl)OCCCO3)cc1F. The number of anilines is 1. The second-order valence-corrected chi connectivity index (χ2v) is 7.44. The summed E-state index contributed by atoms with van der Waals surface area (Å²) in [7, 11) is -3.98. The first-order valence-corrected chi connectivity index (χ1v) is 9.11. The number of ether oxygens (including phenoxy) is 2. The minimum Gasteiger partial charge on any atom is -0.490 e. The molecule has 2 aromatic rings. The van der Waals surface area contributed by atoms with E-state index >= 15 is 0 Å². The van der Waals surface area contributed by atoms with Gasteiger partial charge in [-0.05, 0) is 24.6 Å². The molecule has 0 unspecified atom stereocenters. The lowest BCUT2D eigenvalue weighted by Crippen LogP contribution is -2.14. The quantitative estimate of drug-likeness (QED) is 0.892. The van der Waals surface area contributed by atoms with Gasteiger partial charge < -0.3 is 9.47 Å². The lowest BCUT2D eigenvalue weighted by atomic mass is 10.2. The van der Waals surface area contributed by atoms with Crippen molar-refractivity contribution in [2.45, 2.75) is 18.2 Å². The Kier molecular flexibility index (Phi) is 4.56. The number of hydrogen-bond acceptors (Lipinski definition) is 4. The summed E-state index contributed by atoms with van der Waals surface area (Å²) in [5, 5.41) is 0.162. The summed E-state index contributed by atoms with van der Waals surface area (Å²) in [5.41, 5.74) is 0.504. The summed E-state index contributed by atoms with van der Waals surface area (Å²) in [6, 6.07) is 6.66. The summed E-state index contributed by atoms with van der Waals surface area (Å²) in [6.07, 6.45) is 0.718. The molecule has 24 heavy (non-hydrogen) atoms. The molecule has 128 valence electrons. The molecule has 2 aromatic carbocycles. The van der Waals surface area contributed by atoms with Crippen LogP contribution in [-0.2, 0) is 10.0 Å². The van der Waals surface area contributed by atoms with Crippen LogP contribution < -0.4 is 14.2 Å². The predicted octanol–water partition coefficient (Wildman–Crippen LogP) is 3.75. The Morgan fingerprint density at radius 2 is 1.79 bits per heavy atom.